The number of aryl methyl sites for hydroxylation is 1. The molecule has 2 N–H and O–H groups in total. The van der Waals surface area contributed by atoms with Crippen LogP contribution in [0, 0.1) is 11.8 Å². The number of nitrogen functional groups attached to an aromatic ring is 1. The highest BCUT2D eigenvalue weighted by molar-refractivity contribution is 7.89. The fourth-order valence-corrected chi connectivity index (χ4v) is 4.92. The molecule has 2 aliphatic heterocycles. The van der Waals surface area contributed by atoms with Crippen molar-refractivity contribution in [3.8, 4) is 5.75 Å². The van der Waals surface area contributed by atoms with Crippen LogP contribution in [0.25, 0.3) is 0 Å². The van der Waals surface area contributed by atoms with Crippen LogP contribution in [-0.2, 0) is 16.4 Å². The second-order valence-electron chi connectivity index (χ2n) is 6.24. The zero-order valence-electron chi connectivity index (χ0n) is 12.5. The van der Waals surface area contributed by atoms with Crippen LogP contribution in [0.5, 0.6) is 5.75 Å². The molecular formula is C15H22N2O3S. The van der Waals surface area contributed by atoms with E-state index in [1.807, 2.05) is 6.07 Å². The van der Waals surface area contributed by atoms with Gasteiger partial charge in [-0.3, -0.25) is 0 Å². The monoisotopic (exact) mass is 310 g/mol. The normalized spacial score (nSPS) is 26.4. The van der Waals surface area contributed by atoms with Crippen LogP contribution < -0.4 is 10.5 Å². The number of hydrogen-bond donors (Lipinski definition) is 1. The van der Waals surface area contributed by atoms with E-state index in [-0.39, 0.29) is 4.90 Å². The summed E-state index contributed by atoms with van der Waals surface area (Å²) >= 11 is 0. The Balaban J connectivity index is 2.05. The Bertz CT molecular complexity index is 647. The van der Waals surface area contributed by atoms with Crippen molar-refractivity contribution < 1.29 is 13.2 Å². The molecule has 0 radical (unpaired) electrons. The van der Waals surface area contributed by atoms with Crippen molar-refractivity contribution in [1.29, 1.82) is 0 Å². The van der Waals surface area contributed by atoms with E-state index in [0.717, 1.165) is 18.4 Å². The van der Waals surface area contributed by atoms with Gasteiger partial charge >= 0.3 is 0 Å². The molecule has 0 amide bonds. The smallest absolute Gasteiger partial charge is 0.246 e. The van der Waals surface area contributed by atoms with Crippen LogP contribution in [0.2, 0.25) is 0 Å². The third-order valence-electron chi connectivity index (χ3n) is 4.56. The second-order valence-corrected chi connectivity index (χ2v) is 8.14. The summed E-state index contributed by atoms with van der Waals surface area (Å²) in [7, 11) is -3.54. The van der Waals surface area contributed by atoms with Crippen molar-refractivity contribution in [1.82, 2.24) is 4.31 Å². The molecule has 2 atom stereocenters. The summed E-state index contributed by atoms with van der Waals surface area (Å²) in [4.78, 5) is 0.235. The van der Waals surface area contributed by atoms with Gasteiger partial charge in [-0.15, -0.1) is 0 Å². The highest BCUT2D eigenvalue weighted by Crippen LogP contribution is 2.38. The topological polar surface area (TPSA) is 72.6 Å². The number of fused-ring (bicyclic) bond motifs is 1. The maximum absolute atomic E-state index is 12.9. The van der Waals surface area contributed by atoms with Crippen LogP contribution in [0.4, 0.5) is 5.69 Å². The number of hydrogen-bond acceptors (Lipinski definition) is 4. The minimum absolute atomic E-state index is 0.235. The Hall–Kier alpha value is -1.27. The van der Waals surface area contributed by atoms with Gasteiger partial charge in [-0.25, -0.2) is 8.42 Å². The molecule has 1 fully saturated rings. The van der Waals surface area contributed by atoms with Crippen molar-refractivity contribution in [3.63, 3.8) is 0 Å². The molecular weight excluding hydrogens is 288 g/mol. The van der Waals surface area contributed by atoms with E-state index in [1.165, 1.54) is 6.07 Å². The van der Waals surface area contributed by atoms with Crippen LogP contribution in [0.3, 0.4) is 0 Å². The lowest BCUT2D eigenvalue weighted by Crippen LogP contribution is -2.30. The van der Waals surface area contributed by atoms with Crippen molar-refractivity contribution in [3.05, 3.63) is 17.7 Å². The molecule has 0 bridgehead atoms. The molecule has 2 heterocycles. The SMILES string of the molecule is CC1CN(S(=O)(=O)c2cc(N)cc3c2OCCC3)CC1C. The van der Waals surface area contributed by atoms with Gasteiger partial charge in [0.05, 0.1) is 6.61 Å². The second kappa shape index (κ2) is 5.18. The fraction of sp³-hybridized carbons (Fsp3) is 0.600. The van der Waals surface area contributed by atoms with Gasteiger partial charge in [-0.2, -0.15) is 4.31 Å². The van der Waals surface area contributed by atoms with Crippen molar-refractivity contribution in [2.75, 3.05) is 25.4 Å². The molecule has 0 spiro atoms. The first-order valence-corrected chi connectivity index (χ1v) is 8.89. The molecule has 21 heavy (non-hydrogen) atoms. The average molecular weight is 310 g/mol. The summed E-state index contributed by atoms with van der Waals surface area (Å²) in [6.07, 6.45) is 1.71. The predicted octanol–water partition coefficient (Wildman–Crippen LogP) is 1.87. The summed E-state index contributed by atoms with van der Waals surface area (Å²) in [6.45, 7) is 5.86. The molecule has 5 nitrogen and oxygen atoms in total. The van der Waals surface area contributed by atoms with Crippen LogP contribution in [0.15, 0.2) is 17.0 Å². The molecule has 1 aromatic carbocycles. The van der Waals surface area contributed by atoms with Crippen molar-refractivity contribution >= 4 is 15.7 Å². The van der Waals surface area contributed by atoms with Gasteiger partial charge < -0.3 is 10.5 Å². The third-order valence-corrected chi connectivity index (χ3v) is 6.40. The third kappa shape index (κ3) is 2.51. The fourth-order valence-electron chi connectivity index (χ4n) is 3.07. The van der Waals surface area contributed by atoms with E-state index in [1.54, 1.807) is 4.31 Å². The highest BCUT2D eigenvalue weighted by atomic mass is 32.2. The summed E-state index contributed by atoms with van der Waals surface area (Å²) in [5, 5.41) is 0. The lowest BCUT2D eigenvalue weighted by molar-refractivity contribution is 0.279. The Morgan fingerprint density at radius 3 is 2.57 bits per heavy atom. The number of benzene rings is 1. The summed E-state index contributed by atoms with van der Waals surface area (Å²) < 4.78 is 33.1. The number of rotatable bonds is 2. The number of nitrogens with two attached hydrogens (primary N) is 1. The van der Waals surface area contributed by atoms with E-state index in [4.69, 9.17) is 10.5 Å². The van der Waals surface area contributed by atoms with Crippen molar-refractivity contribution in [2.45, 2.75) is 31.6 Å². The zero-order valence-corrected chi connectivity index (χ0v) is 13.3. The Labute approximate surface area is 126 Å². The summed E-state index contributed by atoms with van der Waals surface area (Å²) in [5.41, 5.74) is 7.28. The van der Waals surface area contributed by atoms with Gasteiger partial charge in [0.1, 0.15) is 10.6 Å². The van der Waals surface area contributed by atoms with E-state index < -0.39 is 10.0 Å². The van der Waals surface area contributed by atoms with E-state index >= 15 is 0 Å². The molecule has 2 aliphatic rings. The minimum Gasteiger partial charge on any atom is -0.492 e. The van der Waals surface area contributed by atoms with Gasteiger partial charge in [0.2, 0.25) is 10.0 Å². The molecule has 0 aromatic heterocycles. The molecule has 3 rings (SSSR count). The molecule has 1 saturated heterocycles. The van der Waals surface area contributed by atoms with Gasteiger partial charge in [0, 0.05) is 18.8 Å². The van der Waals surface area contributed by atoms with Gasteiger partial charge in [0.25, 0.3) is 0 Å². The summed E-state index contributed by atoms with van der Waals surface area (Å²) in [6, 6.07) is 3.36. The first kappa shape index (κ1) is 14.7. The van der Waals surface area contributed by atoms with Crippen LogP contribution in [-0.4, -0.2) is 32.4 Å². The lowest BCUT2D eigenvalue weighted by atomic mass is 10.0. The highest BCUT2D eigenvalue weighted by Gasteiger charge is 2.37. The molecule has 116 valence electrons. The average Bonchev–Trinajstić information content (AvgIpc) is 2.78. The standard InChI is InChI=1S/C15H22N2O3S/c1-10-8-17(9-11(10)2)21(18,19)14-7-13(16)6-12-4-3-5-20-15(12)14/h6-7,10-11H,3-5,8-9,16H2,1-2H3. The quantitative estimate of drug-likeness (QED) is 0.846. The Kier molecular flexibility index (Phi) is 3.61. The van der Waals surface area contributed by atoms with Crippen molar-refractivity contribution in [2.24, 2.45) is 11.8 Å². The molecule has 6 heteroatoms. The first-order valence-electron chi connectivity index (χ1n) is 7.45. The van der Waals surface area contributed by atoms with Gasteiger partial charge in [-0.05, 0) is 42.4 Å². The molecule has 2 unspecified atom stereocenters. The van der Waals surface area contributed by atoms with Gasteiger partial charge in [0.15, 0.2) is 0 Å². The number of nitrogens with zero attached hydrogens (tertiary/aromatic N) is 1. The Morgan fingerprint density at radius 2 is 1.90 bits per heavy atom. The number of ether oxygens (including phenoxy) is 1. The van der Waals surface area contributed by atoms with Gasteiger partial charge in [-0.1, -0.05) is 13.8 Å². The van der Waals surface area contributed by atoms with E-state index in [9.17, 15) is 8.42 Å². The molecule has 1 aromatic rings. The maximum Gasteiger partial charge on any atom is 0.246 e. The number of anilines is 1. The predicted molar refractivity (Wildman–Crippen MR) is 81.8 cm³/mol. The first-order chi connectivity index (χ1) is 9.89. The minimum atomic E-state index is -3.54. The summed E-state index contributed by atoms with van der Waals surface area (Å²) in [5.74, 6) is 1.25. The largest absolute Gasteiger partial charge is 0.492 e. The van der Waals surface area contributed by atoms with Crippen LogP contribution >= 0.6 is 0 Å². The Morgan fingerprint density at radius 1 is 1.24 bits per heavy atom. The number of sulfonamides is 1. The lowest BCUT2D eigenvalue weighted by Gasteiger charge is -2.24. The molecule has 0 aliphatic carbocycles. The van der Waals surface area contributed by atoms with Crippen LogP contribution in [0.1, 0.15) is 25.8 Å². The molecule has 0 saturated carbocycles. The van der Waals surface area contributed by atoms with E-state index in [0.29, 0.717) is 43.0 Å². The maximum atomic E-state index is 12.9. The zero-order chi connectivity index (χ0) is 15.2. The van der Waals surface area contributed by atoms with E-state index in [2.05, 4.69) is 13.8 Å².